The van der Waals surface area contributed by atoms with Crippen LogP contribution in [0.15, 0.2) is 53.4 Å². The van der Waals surface area contributed by atoms with Crippen molar-refractivity contribution in [2.24, 2.45) is 0 Å². The molecule has 2 rings (SSSR count). The van der Waals surface area contributed by atoms with Crippen molar-refractivity contribution in [2.75, 3.05) is 0 Å². The van der Waals surface area contributed by atoms with Gasteiger partial charge in [-0.3, -0.25) is 0 Å². The van der Waals surface area contributed by atoms with Crippen LogP contribution in [-0.4, -0.2) is 8.42 Å². The number of rotatable bonds is 3. The first kappa shape index (κ1) is 12.5. The highest BCUT2D eigenvalue weighted by molar-refractivity contribution is 7.87. The van der Waals surface area contributed by atoms with Gasteiger partial charge in [0.25, 0.3) is 0 Å². The summed E-state index contributed by atoms with van der Waals surface area (Å²) >= 11 is 0. The van der Waals surface area contributed by atoms with Crippen LogP contribution in [0.4, 0.5) is 8.78 Å². The lowest BCUT2D eigenvalue weighted by molar-refractivity contribution is 0.437. The monoisotopic (exact) mass is 270 g/mol. The Morgan fingerprint density at radius 3 is 2.22 bits per heavy atom. The average Bonchev–Trinajstić information content (AvgIpc) is 2.36. The summed E-state index contributed by atoms with van der Waals surface area (Å²) < 4.78 is 54.3. The highest BCUT2D eigenvalue weighted by Gasteiger charge is 2.19. The zero-order chi connectivity index (χ0) is 13.2. The first-order chi connectivity index (χ1) is 8.50. The van der Waals surface area contributed by atoms with Crippen molar-refractivity contribution in [2.45, 2.75) is 4.90 Å². The highest BCUT2D eigenvalue weighted by Crippen LogP contribution is 2.23. The molecule has 0 fully saturated rings. The Morgan fingerprint density at radius 1 is 0.889 bits per heavy atom. The van der Waals surface area contributed by atoms with E-state index >= 15 is 0 Å². The third-order valence-corrected chi connectivity index (χ3v) is 3.40. The molecule has 0 bridgehead atoms. The maximum Gasteiger partial charge on any atom is 0.339 e. The summed E-state index contributed by atoms with van der Waals surface area (Å²) in [5.74, 6) is -3.17. The standard InChI is InChI=1S/C12H8F2O3S/c13-10-7-4-8-11(12(10)14)17-18(15,16)9-5-2-1-3-6-9/h1-8H. The molecule has 0 aliphatic heterocycles. The molecule has 0 N–H and O–H groups in total. The molecule has 0 saturated heterocycles. The summed E-state index contributed by atoms with van der Waals surface area (Å²) in [6.07, 6.45) is 0. The van der Waals surface area contributed by atoms with Crippen molar-refractivity contribution in [1.82, 2.24) is 0 Å². The molecule has 0 aliphatic carbocycles. The quantitative estimate of drug-likeness (QED) is 0.805. The van der Waals surface area contributed by atoms with E-state index < -0.39 is 27.5 Å². The zero-order valence-corrected chi connectivity index (χ0v) is 9.82. The molecule has 2 aromatic carbocycles. The minimum absolute atomic E-state index is 0.131. The molecular formula is C12H8F2O3S. The van der Waals surface area contributed by atoms with Crippen LogP contribution in [-0.2, 0) is 10.1 Å². The molecule has 0 aliphatic rings. The Kier molecular flexibility index (Phi) is 3.29. The van der Waals surface area contributed by atoms with Gasteiger partial charge in [-0.15, -0.1) is 0 Å². The Bertz CT molecular complexity index is 654. The van der Waals surface area contributed by atoms with Crippen LogP contribution in [0, 0.1) is 11.6 Å². The van der Waals surface area contributed by atoms with Crippen molar-refractivity contribution in [3.05, 3.63) is 60.2 Å². The van der Waals surface area contributed by atoms with E-state index in [1.54, 1.807) is 6.07 Å². The third-order valence-electron chi connectivity index (χ3n) is 2.15. The van der Waals surface area contributed by atoms with Gasteiger partial charge < -0.3 is 4.18 Å². The van der Waals surface area contributed by atoms with Crippen LogP contribution in [0.3, 0.4) is 0 Å². The Hall–Kier alpha value is -1.95. The number of benzene rings is 2. The van der Waals surface area contributed by atoms with E-state index in [-0.39, 0.29) is 4.90 Å². The average molecular weight is 270 g/mol. The number of hydrogen-bond acceptors (Lipinski definition) is 3. The first-order valence-corrected chi connectivity index (χ1v) is 6.35. The van der Waals surface area contributed by atoms with E-state index in [9.17, 15) is 17.2 Å². The molecule has 0 saturated carbocycles. The van der Waals surface area contributed by atoms with Gasteiger partial charge in [0.15, 0.2) is 11.6 Å². The van der Waals surface area contributed by atoms with Gasteiger partial charge in [0.2, 0.25) is 5.82 Å². The molecule has 2 aromatic rings. The molecule has 0 heterocycles. The fourth-order valence-corrected chi connectivity index (χ4v) is 2.25. The van der Waals surface area contributed by atoms with Crippen molar-refractivity contribution in [3.8, 4) is 5.75 Å². The van der Waals surface area contributed by atoms with Gasteiger partial charge in [-0.25, -0.2) is 4.39 Å². The molecule has 0 spiro atoms. The van der Waals surface area contributed by atoms with Crippen molar-refractivity contribution < 1.29 is 21.4 Å². The molecule has 0 atom stereocenters. The van der Waals surface area contributed by atoms with Gasteiger partial charge in [-0.1, -0.05) is 24.3 Å². The number of hydrogen-bond donors (Lipinski definition) is 0. The lowest BCUT2D eigenvalue weighted by Gasteiger charge is -2.07. The molecule has 18 heavy (non-hydrogen) atoms. The predicted molar refractivity (Wildman–Crippen MR) is 60.6 cm³/mol. The van der Waals surface area contributed by atoms with Gasteiger partial charge in [0.05, 0.1) is 0 Å². The van der Waals surface area contributed by atoms with Gasteiger partial charge in [0.1, 0.15) is 4.90 Å². The third kappa shape index (κ3) is 2.48. The molecule has 0 aromatic heterocycles. The molecule has 94 valence electrons. The lowest BCUT2D eigenvalue weighted by Crippen LogP contribution is -2.10. The fraction of sp³-hybridized carbons (Fsp3) is 0. The number of halogens is 2. The van der Waals surface area contributed by atoms with Gasteiger partial charge in [-0.05, 0) is 24.3 Å². The van der Waals surface area contributed by atoms with Crippen molar-refractivity contribution in [3.63, 3.8) is 0 Å². The van der Waals surface area contributed by atoms with Crippen LogP contribution in [0.5, 0.6) is 5.75 Å². The van der Waals surface area contributed by atoms with Crippen molar-refractivity contribution in [1.29, 1.82) is 0 Å². The van der Waals surface area contributed by atoms with E-state index in [4.69, 9.17) is 0 Å². The summed E-state index contributed by atoms with van der Waals surface area (Å²) in [7, 11) is -4.16. The molecule has 3 nitrogen and oxygen atoms in total. The largest absolute Gasteiger partial charge is 0.376 e. The van der Waals surface area contributed by atoms with Crippen LogP contribution in [0.1, 0.15) is 0 Å². The smallest absolute Gasteiger partial charge is 0.339 e. The predicted octanol–water partition coefficient (Wildman–Crippen LogP) is 2.73. The van der Waals surface area contributed by atoms with E-state index in [0.717, 1.165) is 18.2 Å². The molecule has 0 unspecified atom stereocenters. The fourth-order valence-electron chi connectivity index (χ4n) is 1.30. The first-order valence-electron chi connectivity index (χ1n) is 4.94. The summed E-state index contributed by atoms with van der Waals surface area (Å²) in [5.41, 5.74) is 0. The van der Waals surface area contributed by atoms with Gasteiger partial charge in [0, 0.05) is 0 Å². The maximum absolute atomic E-state index is 13.3. The van der Waals surface area contributed by atoms with E-state index in [1.807, 2.05) is 0 Å². The van der Waals surface area contributed by atoms with Crippen LogP contribution < -0.4 is 4.18 Å². The van der Waals surface area contributed by atoms with E-state index in [2.05, 4.69) is 4.18 Å². The molecule has 0 radical (unpaired) electrons. The Balaban J connectivity index is 2.37. The summed E-state index contributed by atoms with van der Waals surface area (Å²) in [5, 5.41) is 0. The maximum atomic E-state index is 13.3. The normalized spacial score (nSPS) is 11.2. The lowest BCUT2D eigenvalue weighted by atomic mass is 10.3. The van der Waals surface area contributed by atoms with Crippen LogP contribution in [0.2, 0.25) is 0 Å². The summed E-state index contributed by atoms with van der Waals surface area (Å²) in [4.78, 5) is -0.131. The van der Waals surface area contributed by atoms with Crippen LogP contribution in [0.25, 0.3) is 0 Å². The minimum atomic E-state index is -4.16. The molecular weight excluding hydrogens is 262 g/mol. The topological polar surface area (TPSA) is 43.4 Å². The second-order valence-electron chi connectivity index (χ2n) is 3.40. The van der Waals surface area contributed by atoms with E-state index in [0.29, 0.717) is 0 Å². The second-order valence-corrected chi connectivity index (χ2v) is 4.95. The van der Waals surface area contributed by atoms with Crippen LogP contribution >= 0.6 is 0 Å². The van der Waals surface area contributed by atoms with Gasteiger partial charge >= 0.3 is 10.1 Å². The highest BCUT2D eigenvalue weighted by atomic mass is 32.2. The van der Waals surface area contributed by atoms with E-state index in [1.165, 1.54) is 24.3 Å². The summed E-state index contributed by atoms with van der Waals surface area (Å²) in [6, 6.07) is 10.3. The Morgan fingerprint density at radius 2 is 1.56 bits per heavy atom. The molecule has 0 amide bonds. The molecule has 6 heteroatoms. The summed E-state index contributed by atoms with van der Waals surface area (Å²) in [6.45, 7) is 0. The minimum Gasteiger partial charge on any atom is -0.376 e. The SMILES string of the molecule is O=S(=O)(Oc1cccc(F)c1F)c1ccccc1. The second kappa shape index (κ2) is 4.73. The Labute approximate surface area is 103 Å². The zero-order valence-electron chi connectivity index (χ0n) is 9.01. The van der Waals surface area contributed by atoms with Gasteiger partial charge in [-0.2, -0.15) is 12.8 Å². The van der Waals surface area contributed by atoms with Crippen molar-refractivity contribution >= 4 is 10.1 Å².